The summed E-state index contributed by atoms with van der Waals surface area (Å²) in [4.78, 5) is 9.58. The number of hydrogen-bond donors (Lipinski definition) is 1. The minimum atomic E-state index is -1.93. The zero-order chi connectivity index (χ0) is 11.2. The summed E-state index contributed by atoms with van der Waals surface area (Å²) >= 11 is 0. The summed E-state index contributed by atoms with van der Waals surface area (Å²) < 4.78 is 10.4. The Morgan fingerprint density at radius 2 is 1.06 bits per heavy atom. The topological polar surface area (TPSA) is 38.7 Å². The summed E-state index contributed by atoms with van der Waals surface area (Å²) in [6.07, 6.45) is 0. The van der Waals surface area contributed by atoms with Crippen LogP contribution in [0.25, 0.3) is 0 Å². The van der Waals surface area contributed by atoms with E-state index in [-0.39, 0.29) is 23.9 Å². The summed E-state index contributed by atoms with van der Waals surface area (Å²) in [6, 6.07) is 18.2. The fourth-order valence-corrected chi connectivity index (χ4v) is 1.80. The molecule has 17 heavy (non-hydrogen) atoms. The molecular weight excluding hydrogens is 342 g/mol. The van der Waals surface area contributed by atoms with Gasteiger partial charge in [0.1, 0.15) is 11.5 Å². The molecule has 0 aromatic heterocycles. The third kappa shape index (κ3) is 4.94. The molecule has 0 saturated carbocycles. The van der Waals surface area contributed by atoms with Gasteiger partial charge in [-0.05, 0) is 24.3 Å². The molecule has 2 rings (SSSR count). The van der Waals surface area contributed by atoms with E-state index in [1.807, 2.05) is 36.4 Å². The molecule has 0 fully saturated rings. The van der Waals surface area contributed by atoms with Crippen molar-refractivity contribution in [2.45, 2.75) is 0 Å². The molecule has 0 heterocycles. The van der Waals surface area contributed by atoms with Gasteiger partial charge >= 0.3 is 32.5 Å². The second kappa shape index (κ2) is 7.53. The van der Waals surface area contributed by atoms with Gasteiger partial charge in [0.25, 0.3) is 0 Å². The van der Waals surface area contributed by atoms with Crippen molar-refractivity contribution in [1.82, 2.24) is 0 Å². The van der Waals surface area contributed by atoms with Crippen LogP contribution in [0, 0.1) is 0 Å². The monoisotopic (exact) mass is 356 g/mol. The van der Waals surface area contributed by atoms with Crippen LogP contribution in [0.2, 0.25) is 0 Å². The Morgan fingerprint density at radius 3 is 1.41 bits per heavy atom. The Balaban J connectivity index is 0.00000144. The molecule has 0 atom stereocenters. The molecule has 0 aliphatic rings. The maximum atomic E-state index is 9.58. The molecular formula is C12H13O3PSn. The van der Waals surface area contributed by atoms with Crippen LogP contribution in [0.3, 0.4) is 0 Å². The standard InChI is InChI=1S/C12H11O3P.Sn.2H/c13-16(14-11-7-3-1-4-8-11)15-12-9-5-2-6-10-12;;;/h1-10,13H;;;. The summed E-state index contributed by atoms with van der Waals surface area (Å²) in [5.74, 6) is 1.18. The molecule has 1 N–H and O–H groups in total. The Hall–Kier alpha value is -0.771. The van der Waals surface area contributed by atoms with Crippen LogP contribution in [-0.2, 0) is 0 Å². The average molecular weight is 355 g/mol. The fourth-order valence-electron chi connectivity index (χ4n) is 1.16. The Bertz CT molecular complexity index is 383. The van der Waals surface area contributed by atoms with Crippen molar-refractivity contribution in [3.63, 3.8) is 0 Å². The molecule has 88 valence electrons. The van der Waals surface area contributed by atoms with Crippen LogP contribution >= 0.6 is 8.60 Å². The fraction of sp³-hybridized carbons (Fsp3) is 0. The number of hydrogen-bond acceptors (Lipinski definition) is 3. The van der Waals surface area contributed by atoms with Crippen molar-refractivity contribution in [3.05, 3.63) is 60.7 Å². The van der Waals surface area contributed by atoms with Gasteiger partial charge < -0.3 is 13.9 Å². The van der Waals surface area contributed by atoms with E-state index in [9.17, 15) is 4.89 Å². The molecule has 0 aliphatic heterocycles. The SMILES string of the molecule is OP(Oc1ccccc1)Oc1ccccc1.[SnH2]. The predicted octanol–water partition coefficient (Wildman–Crippen LogP) is 2.45. The van der Waals surface area contributed by atoms with E-state index < -0.39 is 8.60 Å². The molecule has 0 unspecified atom stereocenters. The van der Waals surface area contributed by atoms with Crippen molar-refractivity contribution in [2.75, 3.05) is 0 Å². The first-order valence-electron chi connectivity index (χ1n) is 4.79. The second-order valence-electron chi connectivity index (χ2n) is 3.05. The van der Waals surface area contributed by atoms with Crippen molar-refractivity contribution in [1.29, 1.82) is 0 Å². The van der Waals surface area contributed by atoms with Crippen LogP contribution in [-0.4, -0.2) is 28.8 Å². The number of para-hydroxylation sites is 2. The summed E-state index contributed by atoms with van der Waals surface area (Å²) in [5.41, 5.74) is 0. The third-order valence-corrected chi connectivity index (χ3v) is 2.59. The first kappa shape index (κ1) is 14.3. The van der Waals surface area contributed by atoms with Crippen LogP contribution in [0.4, 0.5) is 0 Å². The van der Waals surface area contributed by atoms with Crippen LogP contribution in [0.5, 0.6) is 11.5 Å². The van der Waals surface area contributed by atoms with Gasteiger partial charge in [-0.3, -0.25) is 0 Å². The van der Waals surface area contributed by atoms with Gasteiger partial charge in [-0.25, -0.2) is 0 Å². The zero-order valence-electron chi connectivity index (χ0n) is 9.19. The van der Waals surface area contributed by atoms with E-state index in [2.05, 4.69) is 0 Å². The average Bonchev–Trinajstić information content (AvgIpc) is 2.31. The maximum absolute atomic E-state index is 9.58. The molecule has 2 radical (unpaired) electrons. The quantitative estimate of drug-likeness (QED) is 0.677. The molecule has 0 aliphatic carbocycles. The van der Waals surface area contributed by atoms with Crippen molar-refractivity contribution < 1.29 is 13.9 Å². The molecule has 0 saturated heterocycles. The van der Waals surface area contributed by atoms with Gasteiger partial charge in [0.05, 0.1) is 0 Å². The number of rotatable bonds is 4. The van der Waals surface area contributed by atoms with E-state index in [0.29, 0.717) is 11.5 Å². The van der Waals surface area contributed by atoms with Gasteiger partial charge in [-0.2, -0.15) is 0 Å². The van der Waals surface area contributed by atoms with E-state index in [4.69, 9.17) is 9.05 Å². The summed E-state index contributed by atoms with van der Waals surface area (Å²) in [5, 5.41) is 0. The van der Waals surface area contributed by atoms with Crippen LogP contribution < -0.4 is 9.05 Å². The van der Waals surface area contributed by atoms with Gasteiger partial charge in [-0.1, -0.05) is 36.4 Å². The summed E-state index contributed by atoms with van der Waals surface area (Å²) in [7, 11) is -1.93. The van der Waals surface area contributed by atoms with Crippen molar-refractivity contribution >= 4 is 32.5 Å². The molecule has 0 bridgehead atoms. The van der Waals surface area contributed by atoms with E-state index in [1.165, 1.54) is 0 Å². The van der Waals surface area contributed by atoms with Crippen molar-refractivity contribution in [3.8, 4) is 11.5 Å². The van der Waals surface area contributed by atoms with Gasteiger partial charge in [0, 0.05) is 0 Å². The molecule has 2 aromatic carbocycles. The van der Waals surface area contributed by atoms with E-state index >= 15 is 0 Å². The van der Waals surface area contributed by atoms with Gasteiger partial charge in [-0.15, -0.1) is 0 Å². The zero-order valence-corrected chi connectivity index (χ0v) is 14.1. The Labute approximate surface area is 118 Å². The second-order valence-corrected chi connectivity index (χ2v) is 3.89. The molecule has 3 nitrogen and oxygen atoms in total. The van der Waals surface area contributed by atoms with Gasteiger partial charge in [0.15, 0.2) is 0 Å². The summed E-state index contributed by atoms with van der Waals surface area (Å²) in [6.45, 7) is 0. The molecule has 0 spiro atoms. The van der Waals surface area contributed by atoms with E-state index in [1.54, 1.807) is 24.3 Å². The number of benzene rings is 2. The van der Waals surface area contributed by atoms with Crippen molar-refractivity contribution in [2.24, 2.45) is 0 Å². The first-order chi connectivity index (χ1) is 7.84. The third-order valence-electron chi connectivity index (χ3n) is 1.85. The van der Waals surface area contributed by atoms with Crippen LogP contribution in [0.15, 0.2) is 60.7 Å². The molecule has 2 aromatic rings. The predicted molar refractivity (Wildman–Crippen MR) is 71.8 cm³/mol. The van der Waals surface area contributed by atoms with E-state index in [0.717, 1.165) is 0 Å². The Morgan fingerprint density at radius 1 is 0.706 bits per heavy atom. The Kier molecular flexibility index (Phi) is 6.33. The van der Waals surface area contributed by atoms with Crippen LogP contribution in [0.1, 0.15) is 0 Å². The molecule has 0 amide bonds. The normalized spacial score (nSPS) is 9.53. The minimum absolute atomic E-state index is 0. The molecule has 5 heteroatoms. The van der Waals surface area contributed by atoms with Gasteiger partial charge in [0.2, 0.25) is 0 Å². The first-order valence-corrected chi connectivity index (χ1v) is 5.93.